The molecular formula is C11H16O4. The van der Waals surface area contributed by atoms with Crippen LogP contribution in [0.2, 0.25) is 0 Å². The summed E-state index contributed by atoms with van der Waals surface area (Å²) in [7, 11) is 0. The molecule has 4 nitrogen and oxygen atoms in total. The first-order valence-electron chi connectivity index (χ1n) is 5.23. The molecule has 0 saturated heterocycles. The fourth-order valence-electron chi connectivity index (χ4n) is 2.10. The van der Waals surface area contributed by atoms with Gasteiger partial charge in [0, 0.05) is 12.8 Å². The van der Waals surface area contributed by atoms with Crippen molar-refractivity contribution in [3.8, 4) is 0 Å². The van der Waals surface area contributed by atoms with Gasteiger partial charge in [-0.1, -0.05) is 0 Å². The highest BCUT2D eigenvalue weighted by Crippen LogP contribution is 2.39. The molecule has 0 bridgehead atoms. The molecule has 1 rings (SSSR count). The topological polar surface area (TPSA) is 60.4 Å². The molecule has 0 unspecified atom stereocenters. The first-order valence-corrected chi connectivity index (χ1v) is 5.23. The summed E-state index contributed by atoms with van der Waals surface area (Å²) in [5.74, 6) is -0.808. The van der Waals surface area contributed by atoms with Crippen LogP contribution in [0.5, 0.6) is 0 Å². The van der Waals surface area contributed by atoms with Crippen molar-refractivity contribution in [2.24, 2.45) is 5.41 Å². The van der Waals surface area contributed by atoms with Crippen molar-refractivity contribution in [3.63, 3.8) is 0 Å². The molecular weight excluding hydrogens is 196 g/mol. The second-order valence-electron chi connectivity index (χ2n) is 3.96. The van der Waals surface area contributed by atoms with E-state index in [9.17, 15) is 14.4 Å². The Balaban J connectivity index is 2.90. The lowest BCUT2D eigenvalue weighted by Gasteiger charge is -2.23. The molecule has 0 aromatic rings. The van der Waals surface area contributed by atoms with Crippen LogP contribution in [-0.4, -0.2) is 24.1 Å². The Morgan fingerprint density at radius 3 is 2.53 bits per heavy atom. The van der Waals surface area contributed by atoms with E-state index in [1.165, 1.54) is 6.92 Å². The highest BCUT2D eigenvalue weighted by Gasteiger charge is 2.50. The molecule has 84 valence electrons. The van der Waals surface area contributed by atoms with Gasteiger partial charge in [0.25, 0.3) is 0 Å². The van der Waals surface area contributed by atoms with Crippen LogP contribution in [0.3, 0.4) is 0 Å². The van der Waals surface area contributed by atoms with Crippen molar-refractivity contribution in [1.29, 1.82) is 0 Å². The lowest BCUT2D eigenvalue weighted by atomic mass is 9.80. The van der Waals surface area contributed by atoms with E-state index in [2.05, 4.69) is 0 Å². The number of Topliss-reactive ketones (excluding diaryl/α,β-unsaturated/α-hetero) is 2. The number of carbonyl (C=O) groups is 3. The Bertz CT molecular complexity index is 295. The number of rotatable bonds is 4. The van der Waals surface area contributed by atoms with Gasteiger partial charge in [0.05, 0.1) is 6.61 Å². The molecule has 0 heterocycles. The van der Waals surface area contributed by atoms with Crippen molar-refractivity contribution in [2.45, 2.75) is 39.5 Å². The summed E-state index contributed by atoms with van der Waals surface area (Å²) in [4.78, 5) is 34.5. The largest absolute Gasteiger partial charge is 0.465 e. The van der Waals surface area contributed by atoms with Crippen LogP contribution in [0.4, 0.5) is 0 Å². The van der Waals surface area contributed by atoms with Gasteiger partial charge in [0.15, 0.2) is 5.78 Å². The summed E-state index contributed by atoms with van der Waals surface area (Å²) >= 11 is 0. The van der Waals surface area contributed by atoms with Gasteiger partial charge in [-0.05, 0) is 26.7 Å². The quantitative estimate of drug-likeness (QED) is 0.520. The van der Waals surface area contributed by atoms with Crippen molar-refractivity contribution >= 4 is 17.5 Å². The first-order chi connectivity index (χ1) is 7.03. The summed E-state index contributed by atoms with van der Waals surface area (Å²) in [5.41, 5.74) is -1.16. The highest BCUT2D eigenvalue weighted by atomic mass is 16.5. The smallest absolute Gasteiger partial charge is 0.320 e. The molecule has 4 heteroatoms. The third-order valence-electron chi connectivity index (χ3n) is 2.76. The predicted octanol–water partition coefficient (Wildman–Crippen LogP) is 1.27. The molecule has 15 heavy (non-hydrogen) atoms. The number of ether oxygens (including phenoxy) is 1. The van der Waals surface area contributed by atoms with Gasteiger partial charge in [-0.2, -0.15) is 0 Å². The van der Waals surface area contributed by atoms with Crippen LogP contribution in [0.25, 0.3) is 0 Å². The van der Waals surface area contributed by atoms with E-state index >= 15 is 0 Å². The minimum atomic E-state index is -1.16. The molecule has 0 aromatic heterocycles. The van der Waals surface area contributed by atoms with Gasteiger partial charge in [-0.25, -0.2) is 0 Å². The number of carbonyl (C=O) groups excluding carboxylic acids is 3. The van der Waals surface area contributed by atoms with Gasteiger partial charge < -0.3 is 4.74 Å². The average Bonchev–Trinajstić information content (AvgIpc) is 2.48. The summed E-state index contributed by atoms with van der Waals surface area (Å²) in [6, 6.07) is 0. The van der Waals surface area contributed by atoms with Crippen LogP contribution >= 0.6 is 0 Å². The summed E-state index contributed by atoms with van der Waals surface area (Å²) in [6.45, 7) is 3.33. The second kappa shape index (κ2) is 4.55. The zero-order valence-electron chi connectivity index (χ0n) is 9.17. The van der Waals surface area contributed by atoms with Crippen LogP contribution in [-0.2, 0) is 19.1 Å². The molecule has 1 atom stereocenters. The molecule has 1 saturated carbocycles. The summed E-state index contributed by atoms with van der Waals surface area (Å²) in [5, 5.41) is 0. The number of hydrogen-bond acceptors (Lipinski definition) is 4. The van der Waals surface area contributed by atoms with Crippen molar-refractivity contribution in [1.82, 2.24) is 0 Å². The molecule has 0 aromatic carbocycles. The van der Waals surface area contributed by atoms with Gasteiger partial charge in [0.2, 0.25) is 0 Å². The van der Waals surface area contributed by atoms with Gasteiger partial charge in [-0.15, -0.1) is 0 Å². The van der Waals surface area contributed by atoms with E-state index in [-0.39, 0.29) is 24.6 Å². The molecule has 1 aliphatic rings. The lowest BCUT2D eigenvalue weighted by molar-refractivity contribution is -0.160. The fraction of sp³-hybridized carbons (Fsp3) is 0.727. The van der Waals surface area contributed by atoms with E-state index in [1.54, 1.807) is 6.92 Å². The molecule has 0 amide bonds. The molecule has 1 fully saturated rings. The van der Waals surface area contributed by atoms with Gasteiger partial charge in [0.1, 0.15) is 11.2 Å². The van der Waals surface area contributed by atoms with Crippen molar-refractivity contribution in [3.05, 3.63) is 0 Å². The van der Waals surface area contributed by atoms with E-state index < -0.39 is 11.4 Å². The Kier molecular flexibility index (Phi) is 3.61. The maximum atomic E-state index is 11.7. The van der Waals surface area contributed by atoms with Gasteiger partial charge >= 0.3 is 5.97 Å². The SMILES string of the molecule is CCOC(=O)[C@@]1(CC(C)=O)CCCC1=O. The minimum absolute atomic E-state index is 0.00926. The maximum absolute atomic E-state index is 11.7. The number of hydrogen-bond donors (Lipinski definition) is 0. The Hall–Kier alpha value is -1.19. The van der Waals surface area contributed by atoms with Crippen LogP contribution in [0.15, 0.2) is 0 Å². The Labute approximate surface area is 89.0 Å². The fourth-order valence-corrected chi connectivity index (χ4v) is 2.10. The molecule has 0 N–H and O–H groups in total. The van der Waals surface area contributed by atoms with Crippen LogP contribution in [0.1, 0.15) is 39.5 Å². The molecule has 0 aliphatic heterocycles. The zero-order valence-corrected chi connectivity index (χ0v) is 9.17. The third-order valence-corrected chi connectivity index (χ3v) is 2.76. The van der Waals surface area contributed by atoms with E-state index in [1.807, 2.05) is 0 Å². The molecule has 0 spiro atoms. The summed E-state index contributed by atoms with van der Waals surface area (Å²) < 4.78 is 4.89. The normalized spacial score (nSPS) is 25.3. The Morgan fingerprint density at radius 1 is 1.47 bits per heavy atom. The zero-order chi connectivity index (χ0) is 11.5. The predicted molar refractivity (Wildman–Crippen MR) is 53.2 cm³/mol. The van der Waals surface area contributed by atoms with E-state index in [4.69, 9.17) is 4.74 Å². The van der Waals surface area contributed by atoms with Crippen LogP contribution in [0, 0.1) is 5.41 Å². The van der Waals surface area contributed by atoms with E-state index in [0.29, 0.717) is 19.3 Å². The minimum Gasteiger partial charge on any atom is -0.465 e. The second-order valence-corrected chi connectivity index (χ2v) is 3.96. The molecule has 0 radical (unpaired) electrons. The first kappa shape index (κ1) is 11.9. The van der Waals surface area contributed by atoms with Crippen LogP contribution < -0.4 is 0 Å². The third kappa shape index (κ3) is 2.25. The molecule has 1 aliphatic carbocycles. The lowest BCUT2D eigenvalue weighted by Crippen LogP contribution is -2.38. The highest BCUT2D eigenvalue weighted by molar-refractivity contribution is 6.08. The monoisotopic (exact) mass is 212 g/mol. The van der Waals surface area contributed by atoms with Gasteiger partial charge in [-0.3, -0.25) is 14.4 Å². The van der Waals surface area contributed by atoms with E-state index in [0.717, 1.165) is 0 Å². The Morgan fingerprint density at radius 2 is 2.13 bits per heavy atom. The average molecular weight is 212 g/mol. The maximum Gasteiger partial charge on any atom is 0.320 e. The summed E-state index contributed by atoms with van der Waals surface area (Å²) in [6.07, 6.45) is 1.49. The van der Waals surface area contributed by atoms with Crippen molar-refractivity contribution in [2.75, 3.05) is 6.61 Å². The number of esters is 1. The number of ketones is 2. The van der Waals surface area contributed by atoms with Crippen molar-refractivity contribution < 1.29 is 19.1 Å². The standard InChI is InChI=1S/C11H16O4/c1-3-15-10(14)11(7-8(2)12)6-4-5-9(11)13/h3-7H2,1-2H3/t11-/m1/s1.